The minimum Gasteiger partial charge on any atom is -0.444 e. The lowest BCUT2D eigenvalue weighted by Gasteiger charge is -2.27. The number of aliphatic hydroxyl groups excluding tert-OH is 1. The molecule has 0 aromatic heterocycles. The molecule has 0 aliphatic heterocycles. The highest BCUT2D eigenvalue weighted by Gasteiger charge is 2.22. The molecule has 0 saturated carbocycles. The molecule has 0 aliphatic rings. The minimum absolute atomic E-state index is 0.117. The topological polar surface area (TPSA) is 49.8 Å². The molecule has 0 unspecified atom stereocenters. The monoisotopic (exact) mass is 391 g/mol. The van der Waals surface area contributed by atoms with Crippen LogP contribution in [0.2, 0.25) is 5.02 Å². The Morgan fingerprint density at radius 1 is 1.36 bits per heavy atom. The van der Waals surface area contributed by atoms with E-state index in [1.807, 2.05) is 39.0 Å². The van der Waals surface area contributed by atoms with Crippen LogP contribution >= 0.6 is 27.5 Å². The van der Waals surface area contributed by atoms with Gasteiger partial charge in [0, 0.05) is 24.2 Å². The van der Waals surface area contributed by atoms with Crippen molar-refractivity contribution in [2.24, 2.45) is 0 Å². The molecule has 0 heterocycles. The van der Waals surface area contributed by atoms with Gasteiger partial charge in [0.2, 0.25) is 0 Å². The van der Waals surface area contributed by atoms with Gasteiger partial charge in [-0.2, -0.15) is 0 Å². The Hall–Kier alpha value is -0.780. The number of carbonyl (C=O) groups is 1. The predicted octanol–water partition coefficient (Wildman–Crippen LogP) is 4.61. The zero-order valence-electron chi connectivity index (χ0n) is 13.2. The molecule has 0 fully saturated rings. The number of amides is 1. The Balaban J connectivity index is 2.80. The smallest absolute Gasteiger partial charge is 0.410 e. The van der Waals surface area contributed by atoms with Crippen LogP contribution in [-0.2, 0) is 11.3 Å². The number of halogens is 2. The number of nitrogens with zero attached hydrogens (tertiary/aromatic N) is 1. The third kappa shape index (κ3) is 6.99. The molecule has 0 radical (unpaired) electrons. The molecule has 0 aliphatic carbocycles. The number of benzene rings is 1. The molecule has 1 N–H and O–H groups in total. The maximum atomic E-state index is 12.3. The van der Waals surface area contributed by atoms with Crippen LogP contribution in [0, 0.1) is 0 Å². The zero-order chi connectivity index (χ0) is 16.8. The quantitative estimate of drug-likeness (QED) is 0.719. The van der Waals surface area contributed by atoms with Crippen molar-refractivity contribution in [2.75, 3.05) is 13.2 Å². The molecule has 1 aromatic rings. The van der Waals surface area contributed by atoms with E-state index in [0.717, 1.165) is 16.5 Å². The molecule has 0 atom stereocenters. The Kier molecular flexibility index (Phi) is 7.66. The lowest BCUT2D eigenvalue weighted by molar-refractivity contribution is 0.0228. The van der Waals surface area contributed by atoms with E-state index >= 15 is 0 Å². The highest BCUT2D eigenvalue weighted by atomic mass is 79.9. The van der Waals surface area contributed by atoms with Crippen molar-refractivity contribution < 1.29 is 14.6 Å². The van der Waals surface area contributed by atoms with Crippen molar-refractivity contribution in [1.82, 2.24) is 4.90 Å². The normalized spacial score (nSPS) is 11.4. The molecule has 0 spiro atoms. The van der Waals surface area contributed by atoms with Gasteiger partial charge in [-0.15, -0.1) is 0 Å². The van der Waals surface area contributed by atoms with Crippen molar-refractivity contribution >= 4 is 33.6 Å². The molecule has 6 heteroatoms. The van der Waals surface area contributed by atoms with Gasteiger partial charge in [0.15, 0.2) is 0 Å². The van der Waals surface area contributed by atoms with Crippen molar-refractivity contribution in [3.63, 3.8) is 0 Å². The van der Waals surface area contributed by atoms with Crippen molar-refractivity contribution in [3.05, 3.63) is 33.3 Å². The average molecular weight is 393 g/mol. The first kappa shape index (κ1) is 19.3. The van der Waals surface area contributed by atoms with Gasteiger partial charge >= 0.3 is 6.09 Å². The third-order valence-electron chi connectivity index (χ3n) is 2.85. The summed E-state index contributed by atoms with van der Waals surface area (Å²) in [7, 11) is 0. The lowest BCUT2D eigenvalue weighted by Crippen LogP contribution is -2.37. The molecular formula is C16H23BrClNO3. The minimum atomic E-state index is -0.538. The number of unbranched alkanes of at least 4 members (excludes halogenated alkanes) is 1. The second-order valence-electron chi connectivity index (χ2n) is 6.08. The summed E-state index contributed by atoms with van der Waals surface area (Å²) in [5.41, 5.74) is 0.395. The van der Waals surface area contributed by atoms with Crippen molar-refractivity contribution in [3.8, 4) is 0 Å². The Morgan fingerprint density at radius 3 is 2.59 bits per heavy atom. The van der Waals surface area contributed by atoms with Crippen LogP contribution in [0.1, 0.15) is 39.2 Å². The fourth-order valence-electron chi connectivity index (χ4n) is 1.83. The summed E-state index contributed by atoms with van der Waals surface area (Å²) in [6.45, 7) is 6.59. The maximum absolute atomic E-state index is 12.3. The number of carbonyl (C=O) groups excluding carboxylic acids is 1. The first-order valence-electron chi connectivity index (χ1n) is 7.25. The van der Waals surface area contributed by atoms with E-state index in [1.54, 1.807) is 4.90 Å². The van der Waals surface area contributed by atoms with Crippen LogP contribution < -0.4 is 0 Å². The molecule has 1 amide bonds. The maximum Gasteiger partial charge on any atom is 0.410 e. The summed E-state index contributed by atoms with van der Waals surface area (Å²) >= 11 is 9.45. The van der Waals surface area contributed by atoms with E-state index in [9.17, 15) is 4.79 Å². The SMILES string of the molecule is CC(C)(C)OC(=O)N(CCCCO)Cc1ccc(Br)c(Cl)c1. The van der Waals surface area contributed by atoms with Crippen molar-refractivity contribution in [1.29, 1.82) is 0 Å². The first-order valence-corrected chi connectivity index (χ1v) is 8.43. The second-order valence-corrected chi connectivity index (χ2v) is 7.34. The molecule has 0 saturated heterocycles. The van der Waals surface area contributed by atoms with Crippen molar-refractivity contribution in [2.45, 2.75) is 45.8 Å². The van der Waals surface area contributed by atoms with Gasteiger partial charge in [-0.25, -0.2) is 4.79 Å². The van der Waals surface area contributed by atoms with Gasteiger partial charge in [-0.05, 0) is 67.2 Å². The van der Waals surface area contributed by atoms with E-state index in [0.29, 0.717) is 24.5 Å². The lowest BCUT2D eigenvalue weighted by atomic mass is 10.2. The Morgan fingerprint density at radius 2 is 2.05 bits per heavy atom. The first-order chi connectivity index (χ1) is 10.2. The van der Waals surface area contributed by atoms with Gasteiger partial charge in [0.05, 0.1) is 5.02 Å². The van der Waals surface area contributed by atoms with Crippen LogP contribution in [-0.4, -0.2) is 34.9 Å². The summed E-state index contributed by atoms with van der Waals surface area (Å²) < 4.78 is 6.26. The molecule has 1 rings (SSSR count). The highest BCUT2D eigenvalue weighted by molar-refractivity contribution is 9.10. The molecular weight excluding hydrogens is 370 g/mol. The number of ether oxygens (including phenoxy) is 1. The predicted molar refractivity (Wildman–Crippen MR) is 92.1 cm³/mol. The van der Waals surface area contributed by atoms with E-state index in [-0.39, 0.29) is 12.7 Å². The Bertz CT molecular complexity index is 503. The summed E-state index contributed by atoms with van der Waals surface area (Å²) in [5, 5.41) is 9.51. The van der Waals surface area contributed by atoms with Gasteiger partial charge in [-0.1, -0.05) is 17.7 Å². The van der Waals surface area contributed by atoms with Gasteiger partial charge in [-0.3, -0.25) is 0 Å². The van der Waals surface area contributed by atoms with E-state index in [1.165, 1.54) is 0 Å². The van der Waals surface area contributed by atoms with E-state index in [2.05, 4.69) is 15.9 Å². The molecule has 0 bridgehead atoms. The molecule has 124 valence electrons. The fraction of sp³-hybridized carbons (Fsp3) is 0.562. The summed E-state index contributed by atoms with van der Waals surface area (Å²) in [6.07, 6.45) is 1.02. The number of aliphatic hydroxyl groups is 1. The zero-order valence-corrected chi connectivity index (χ0v) is 15.6. The molecule has 22 heavy (non-hydrogen) atoms. The van der Waals surface area contributed by atoms with Crippen LogP contribution in [0.4, 0.5) is 4.79 Å². The highest BCUT2D eigenvalue weighted by Crippen LogP contribution is 2.24. The molecule has 1 aromatic carbocycles. The van der Waals surface area contributed by atoms with Gasteiger partial charge in [0.25, 0.3) is 0 Å². The van der Waals surface area contributed by atoms with Crippen LogP contribution in [0.15, 0.2) is 22.7 Å². The fourth-order valence-corrected chi connectivity index (χ4v) is 2.28. The second kappa shape index (κ2) is 8.75. The van der Waals surface area contributed by atoms with Crippen LogP contribution in [0.5, 0.6) is 0 Å². The van der Waals surface area contributed by atoms with Crippen LogP contribution in [0.3, 0.4) is 0 Å². The standard InChI is InChI=1S/C16H23BrClNO3/c1-16(2,3)22-15(21)19(8-4-5-9-20)11-12-6-7-13(17)14(18)10-12/h6-7,10,20H,4-5,8-9,11H2,1-3H3. The van der Waals surface area contributed by atoms with Gasteiger partial charge in [0.1, 0.15) is 5.60 Å². The summed E-state index contributed by atoms with van der Waals surface area (Å²) in [4.78, 5) is 13.9. The third-order valence-corrected chi connectivity index (χ3v) is 4.08. The summed E-state index contributed by atoms with van der Waals surface area (Å²) in [5.74, 6) is 0. The average Bonchev–Trinajstić information content (AvgIpc) is 2.40. The number of hydrogen-bond donors (Lipinski definition) is 1. The molecule has 4 nitrogen and oxygen atoms in total. The largest absolute Gasteiger partial charge is 0.444 e. The number of hydrogen-bond acceptors (Lipinski definition) is 3. The van der Waals surface area contributed by atoms with E-state index < -0.39 is 5.60 Å². The van der Waals surface area contributed by atoms with Gasteiger partial charge < -0.3 is 14.7 Å². The number of rotatable bonds is 6. The summed E-state index contributed by atoms with van der Waals surface area (Å²) in [6, 6.07) is 5.60. The Labute approximate surface area is 145 Å². The van der Waals surface area contributed by atoms with E-state index in [4.69, 9.17) is 21.4 Å². The van der Waals surface area contributed by atoms with Crippen LogP contribution in [0.25, 0.3) is 0 Å².